The van der Waals surface area contributed by atoms with Crippen LogP contribution < -0.4 is 5.32 Å². The van der Waals surface area contributed by atoms with Crippen molar-refractivity contribution >= 4 is 22.9 Å². The Kier molecular flexibility index (Phi) is 4.81. The van der Waals surface area contributed by atoms with Crippen molar-refractivity contribution in [1.82, 2.24) is 5.32 Å². The third-order valence-corrected chi connectivity index (χ3v) is 4.14. The second-order valence-electron chi connectivity index (χ2n) is 4.62. The molecule has 1 N–H and O–H groups in total. The van der Waals surface area contributed by atoms with Crippen molar-refractivity contribution in [3.05, 3.63) is 57.2 Å². The van der Waals surface area contributed by atoms with Gasteiger partial charge in [0.25, 0.3) is 0 Å². The highest BCUT2D eigenvalue weighted by Crippen LogP contribution is 2.18. The van der Waals surface area contributed by atoms with Gasteiger partial charge in [-0.15, -0.1) is 11.3 Å². The maximum Gasteiger partial charge on any atom is 0.0406 e. The van der Waals surface area contributed by atoms with Gasteiger partial charge in [-0.1, -0.05) is 29.8 Å². The number of hydrogen-bond acceptors (Lipinski definition) is 2. The van der Waals surface area contributed by atoms with Crippen LogP contribution in [0.3, 0.4) is 0 Å². The van der Waals surface area contributed by atoms with Crippen LogP contribution in [0.4, 0.5) is 0 Å². The van der Waals surface area contributed by atoms with Crippen molar-refractivity contribution in [1.29, 1.82) is 0 Å². The lowest BCUT2D eigenvalue weighted by molar-refractivity contribution is 0.479. The Balaban J connectivity index is 1.90. The molecule has 18 heavy (non-hydrogen) atoms. The van der Waals surface area contributed by atoms with Gasteiger partial charge in [0.2, 0.25) is 0 Å². The molecule has 0 saturated carbocycles. The second-order valence-corrected chi connectivity index (χ2v) is 6.09. The van der Waals surface area contributed by atoms with E-state index in [2.05, 4.69) is 48.8 Å². The van der Waals surface area contributed by atoms with Gasteiger partial charge in [0.1, 0.15) is 0 Å². The molecule has 1 aromatic heterocycles. The molecule has 0 aliphatic carbocycles. The number of rotatable bonds is 5. The monoisotopic (exact) mass is 279 g/mol. The summed E-state index contributed by atoms with van der Waals surface area (Å²) in [7, 11) is 0. The van der Waals surface area contributed by atoms with E-state index in [-0.39, 0.29) is 0 Å². The summed E-state index contributed by atoms with van der Waals surface area (Å²) in [4.78, 5) is 1.43. The smallest absolute Gasteiger partial charge is 0.0406 e. The van der Waals surface area contributed by atoms with E-state index in [0.717, 1.165) is 11.4 Å². The third-order valence-electron chi connectivity index (χ3n) is 2.99. The van der Waals surface area contributed by atoms with Gasteiger partial charge in [0.15, 0.2) is 0 Å². The van der Waals surface area contributed by atoms with Gasteiger partial charge in [-0.3, -0.25) is 0 Å². The third kappa shape index (κ3) is 3.84. The minimum absolute atomic E-state index is 0.345. The predicted molar refractivity (Wildman–Crippen MR) is 80.5 cm³/mol. The lowest BCUT2D eigenvalue weighted by atomic mass is 10.1. The van der Waals surface area contributed by atoms with E-state index >= 15 is 0 Å². The van der Waals surface area contributed by atoms with E-state index in [9.17, 15) is 0 Å². The van der Waals surface area contributed by atoms with Crippen LogP contribution in [0.5, 0.6) is 0 Å². The average molecular weight is 280 g/mol. The van der Waals surface area contributed by atoms with Crippen LogP contribution in [0, 0.1) is 0 Å². The minimum Gasteiger partial charge on any atom is -0.307 e. The molecule has 2 atom stereocenters. The van der Waals surface area contributed by atoms with Gasteiger partial charge in [-0.05, 0) is 49.4 Å². The Morgan fingerprint density at radius 1 is 1.17 bits per heavy atom. The molecule has 1 aromatic carbocycles. The first-order valence-electron chi connectivity index (χ1n) is 6.19. The summed E-state index contributed by atoms with van der Waals surface area (Å²) in [6, 6.07) is 13.2. The molecule has 0 radical (unpaired) electrons. The quantitative estimate of drug-likeness (QED) is 0.838. The molecule has 2 unspecified atom stereocenters. The number of hydrogen-bond donors (Lipinski definition) is 1. The molecule has 2 aromatic rings. The van der Waals surface area contributed by atoms with E-state index < -0.39 is 0 Å². The van der Waals surface area contributed by atoms with Crippen LogP contribution in [0.25, 0.3) is 0 Å². The van der Waals surface area contributed by atoms with E-state index in [1.807, 2.05) is 23.5 Å². The Labute approximate surface area is 118 Å². The van der Waals surface area contributed by atoms with Crippen LogP contribution in [0.2, 0.25) is 5.02 Å². The van der Waals surface area contributed by atoms with Crippen molar-refractivity contribution in [2.75, 3.05) is 0 Å². The Morgan fingerprint density at radius 2 is 1.89 bits per heavy atom. The molecule has 0 amide bonds. The highest BCUT2D eigenvalue weighted by atomic mass is 35.5. The van der Waals surface area contributed by atoms with Crippen molar-refractivity contribution in [2.45, 2.75) is 32.4 Å². The molecule has 3 heteroatoms. The molecular formula is C15H18ClNS. The van der Waals surface area contributed by atoms with E-state index in [0.29, 0.717) is 12.1 Å². The fourth-order valence-electron chi connectivity index (χ4n) is 2.06. The highest BCUT2D eigenvalue weighted by molar-refractivity contribution is 7.09. The van der Waals surface area contributed by atoms with Gasteiger partial charge in [0.05, 0.1) is 0 Å². The summed E-state index contributed by atoms with van der Waals surface area (Å²) in [5, 5.41) is 6.54. The lowest BCUT2D eigenvalue weighted by Crippen LogP contribution is -2.30. The molecular weight excluding hydrogens is 262 g/mol. The SMILES string of the molecule is CC(Cc1cccs1)NC(C)c1ccc(Cl)cc1. The first-order valence-corrected chi connectivity index (χ1v) is 7.45. The zero-order valence-electron chi connectivity index (χ0n) is 10.7. The maximum absolute atomic E-state index is 5.90. The fourth-order valence-corrected chi connectivity index (χ4v) is 3.03. The van der Waals surface area contributed by atoms with E-state index in [1.165, 1.54) is 10.4 Å². The summed E-state index contributed by atoms with van der Waals surface area (Å²) in [5.74, 6) is 0. The molecule has 2 rings (SSSR count). The summed E-state index contributed by atoms with van der Waals surface area (Å²) in [6.45, 7) is 4.42. The molecule has 1 nitrogen and oxygen atoms in total. The molecule has 0 bridgehead atoms. The van der Waals surface area contributed by atoms with Crippen LogP contribution >= 0.6 is 22.9 Å². The molecule has 0 aliphatic heterocycles. The number of benzene rings is 1. The van der Waals surface area contributed by atoms with Crippen LogP contribution in [0.1, 0.15) is 30.3 Å². The van der Waals surface area contributed by atoms with Crippen molar-refractivity contribution in [2.24, 2.45) is 0 Å². The van der Waals surface area contributed by atoms with Crippen molar-refractivity contribution in [3.8, 4) is 0 Å². The number of halogens is 1. The highest BCUT2D eigenvalue weighted by Gasteiger charge is 2.10. The molecule has 0 fully saturated rings. The topological polar surface area (TPSA) is 12.0 Å². The second kappa shape index (κ2) is 6.37. The first kappa shape index (κ1) is 13.6. The lowest BCUT2D eigenvalue weighted by Gasteiger charge is -2.20. The van der Waals surface area contributed by atoms with Crippen LogP contribution in [0.15, 0.2) is 41.8 Å². The Morgan fingerprint density at radius 3 is 2.50 bits per heavy atom. The van der Waals surface area contributed by atoms with E-state index in [1.54, 1.807) is 0 Å². The summed E-state index contributed by atoms with van der Waals surface area (Å²) in [6.07, 6.45) is 1.08. The summed E-state index contributed by atoms with van der Waals surface area (Å²) in [5.41, 5.74) is 1.28. The number of thiophene rings is 1. The zero-order valence-corrected chi connectivity index (χ0v) is 12.3. The van der Waals surface area contributed by atoms with Gasteiger partial charge < -0.3 is 5.32 Å². The molecule has 0 aliphatic rings. The van der Waals surface area contributed by atoms with Gasteiger partial charge >= 0.3 is 0 Å². The van der Waals surface area contributed by atoms with Gasteiger partial charge in [0, 0.05) is 22.0 Å². The molecule has 0 saturated heterocycles. The molecule has 1 heterocycles. The Hall–Kier alpha value is -0.830. The largest absolute Gasteiger partial charge is 0.307 e. The van der Waals surface area contributed by atoms with E-state index in [4.69, 9.17) is 11.6 Å². The van der Waals surface area contributed by atoms with Crippen molar-refractivity contribution in [3.63, 3.8) is 0 Å². The summed E-state index contributed by atoms with van der Waals surface area (Å²) >= 11 is 7.72. The molecule has 96 valence electrons. The van der Waals surface area contributed by atoms with Crippen molar-refractivity contribution < 1.29 is 0 Å². The van der Waals surface area contributed by atoms with Crippen LogP contribution in [-0.2, 0) is 6.42 Å². The average Bonchev–Trinajstić information content (AvgIpc) is 2.82. The van der Waals surface area contributed by atoms with Crippen LogP contribution in [-0.4, -0.2) is 6.04 Å². The first-order chi connectivity index (χ1) is 8.65. The minimum atomic E-state index is 0.345. The predicted octanol–water partition coefficient (Wildman–Crippen LogP) is 4.68. The normalized spacial score (nSPS) is 14.4. The molecule has 0 spiro atoms. The van der Waals surface area contributed by atoms with Gasteiger partial charge in [-0.25, -0.2) is 0 Å². The fraction of sp³-hybridized carbons (Fsp3) is 0.333. The maximum atomic E-state index is 5.90. The summed E-state index contributed by atoms with van der Waals surface area (Å²) < 4.78 is 0. The number of nitrogens with one attached hydrogen (secondary N) is 1. The van der Waals surface area contributed by atoms with Gasteiger partial charge in [-0.2, -0.15) is 0 Å². The zero-order chi connectivity index (χ0) is 13.0. The standard InChI is InChI=1S/C15H18ClNS/c1-11(10-15-4-3-9-18-15)17-12(2)13-5-7-14(16)8-6-13/h3-9,11-12,17H,10H2,1-2H3. The Bertz CT molecular complexity index is 464.